The van der Waals surface area contributed by atoms with Crippen LogP contribution in [0.15, 0.2) is 0 Å². The summed E-state index contributed by atoms with van der Waals surface area (Å²) in [6.07, 6.45) is 3.86. The molecule has 0 saturated carbocycles. The summed E-state index contributed by atoms with van der Waals surface area (Å²) in [7, 11) is 0. The van der Waals surface area contributed by atoms with Crippen LogP contribution in [0.1, 0.15) is 47.0 Å². The van der Waals surface area contributed by atoms with Gasteiger partial charge in [0.05, 0.1) is 0 Å². The highest BCUT2D eigenvalue weighted by Crippen LogP contribution is 2.08. The summed E-state index contributed by atoms with van der Waals surface area (Å²) >= 11 is 0. The minimum absolute atomic E-state index is 0.709. The molecule has 2 heteroatoms. The highest BCUT2D eigenvalue weighted by atomic mass is 15.2. The molecule has 0 fully saturated rings. The Labute approximate surface area is 89.9 Å². The van der Waals surface area contributed by atoms with E-state index in [1.165, 1.54) is 19.3 Å². The van der Waals surface area contributed by atoms with Crippen LogP contribution in [0.3, 0.4) is 0 Å². The zero-order valence-corrected chi connectivity index (χ0v) is 10.4. The summed E-state index contributed by atoms with van der Waals surface area (Å²) in [4.78, 5) is 2.38. The van der Waals surface area contributed by atoms with Gasteiger partial charge in [0.25, 0.3) is 0 Å². The van der Waals surface area contributed by atoms with E-state index in [1.54, 1.807) is 0 Å². The van der Waals surface area contributed by atoms with Crippen molar-refractivity contribution in [3.8, 4) is 0 Å². The van der Waals surface area contributed by atoms with E-state index in [1.807, 2.05) is 0 Å². The van der Waals surface area contributed by atoms with Crippen LogP contribution in [0.5, 0.6) is 0 Å². The largest absolute Gasteiger partial charge is 0.318 e. The molecule has 0 radical (unpaired) electrons. The summed E-state index contributed by atoms with van der Waals surface area (Å²) in [6, 6.07) is 0. The van der Waals surface area contributed by atoms with E-state index >= 15 is 0 Å². The van der Waals surface area contributed by atoms with Crippen LogP contribution in [0.25, 0.3) is 0 Å². The number of hydrogen-bond acceptors (Lipinski definition) is 2. The highest BCUT2D eigenvalue weighted by Gasteiger charge is 2.08. The van der Waals surface area contributed by atoms with Crippen molar-refractivity contribution in [1.82, 2.24) is 4.90 Å². The molecule has 0 aromatic rings. The maximum Gasteiger partial charge on any atom is 0.0455 e. The maximum absolute atomic E-state index is 5.73. The topological polar surface area (TPSA) is 29.3 Å². The average Bonchev–Trinajstić information content (AvgIpc) is 2.12. The van der Waals surface area contributed by atoms with Gasteiger partial charge in [-0.1, -0.05) is 34.1 Å². The van der Waals surface area contributed by atoms with E-state index in [9.17, 15) is 0 Å². The molecule has 2 nitrogen and oxygen atoms in total. The van der Waals surface area contributed by atoms with Crippen LogP contribution < -0.4 is 5.73 Å². The van der Waals surface area contributed by atoms with E-state index in [-0.39, 0.29) is 0 Å². The third-order valence-electron chi connectivity index (χ3n) is 2.63. The molecule has 0 rings (SSSR count). The first kappa shape index (κ1) is 13.9. The zero-order valence-electron chi connectivity index (χ0n) is 10.4. The summed E-state index contributed by atoms with van der Waals surface area (Å²) in [6.45, 7) is 12.1. The van der Waals surface area contributed by atoms with Crippen molar-refractivity contribution in [2.24, 2.45) is 17.6 Å². The van der Waals surface area contributed by atoms with E-state index < -0.39 is 0 Å². The molecule has 0 aliphatic rings. The van der Waals surface area contributed by atoms with Crippen molar-refractivity contribution in [1.29, 1.82) is 0 Å². The Morgan fingerprint density at radius 3 is 2.21 bits per heavy atom. The second kappa shape index (κ2) is 8.25. The lowest BCUT2D eigenvalue weighted by Gasteiger charge is -2.24. The number of nitrogens with zero attached hydrogens (tertiary/aromatic N) is 1. The Morgan fingerprint density at radius 2 is 1.79 bits per heavy atom. The predicted octanol–water partition coefficient (Wildman–Crippen LogP) is 2.69. The van der Waals surface area contributed by atoms with Gasteiger partial charge in [0.1, 0.15) is 0 Å². The summed E-state index contributed by atoms with van der Waals surface area (Å²) in [5, 5.41) is 0. The van der Waals surface area contributed by atoms with Gasteiger partial charge in [-0.3, -0.25) is 4.90 Å². The Morgan fingerprint density at radius 1 is 1.14 bits per heavy atom. The molecule has 0 amide bonds. The Kier molecular flexibility index (Phi) is 8.20. The SMILES string of the molecule is CCCC(C)CN(CN)CCC(C)C. The third-order valence-corrected chi connectivity index (χ3v) is 2.63. The molecule has 0 aliphatic heterocycles. The van der Waals surface area contributed by atoms with Gasteiger partial charge in [-0.25, -0.2) is 0 Å². The Bertz CT molecular complexity index is 123. The van der Waals surface area contributed by atoms with Crippen molar-refractivity contribution in [2.45, 2.75) is 47.0 Å². The van der Waals surface area contributed by atoms with Gasteiger partial charge in [0.2, 0.25) is 0 Å². The first-order valence-corrected chi connectivity index (χ1v) is 6.02. The Hall–Kier alpha value is -0.0800. The number of rotatable bonds is 8. The van der Waals surface area contributed by atoms with Crippen LogP contribution in [0.2, 0.25) is 0 Å². The van der Waals surface area contributed by atoms with Gasteiger partial charge in [-0.15, -0.1) is 0 Å². The standard InChI is InChI=1S/C12H28N2/c1-5-6-12(4)9-14(10-13)8-7-11(2)3/h11-12H,5-10,13H2,1-4H3. The van der Waals surface area contributed by atoms with E-state index in [0.29, 0.717) is 6.67 Å². The van der Waals surface area contributed by atoms with Crippen LogP contribution in [0.4, 0.5) is 0 Å². The van der Waals surface area contributed by atoms with Gasteiger partial charge in [-0.05, 0) is 31.2 Å². The summed E-state index contributed by atoms with van der Waals surface area (Å²) in [5.74, 6) is 1.57. The van der Waals surface area contributed by atoms with E-state index in [0.717, 1.165) is 24.9 Å². The fraction of sp³-hybridized carbons (Fsp3) is 1.00. The van der Waals surface area contributed by atoms with E-state index in [2.05, 4.69) is 32.6 Å². The molecule has 14 heavy (non-hydrogen) atoms. The number of hydrogen-bond donors (Lipinski definition) is 1. The molecule has 86 valence electrons. The minimum atomic E-state index is 0.709. The third kappa shape index (κ3) is 7.34. The van der Waals surface area contributed by atoms with Crippen molar-refractivity contribution in [2.75, 3.05) is 19.8 Å². The molecule has 1 unspecified atom stereocenters. The fourth-order valence-corrected chi connectivity index (χ4v) is 1.72. The quantitative estimate of drug-likeness (QED) is 0.610. The molecule has 0 saturated heterocycles. The maximum atomic E-state index is 5.73. The number of nitrogens with two attached hydrogens (primary N) is 1. The van der Waals surface area contributed by atoms with Crippen LogP contribution in [0, 0.1) is 11.8 Å². The first-order valence-electron chi connectivity index (χ1n) is 6.02. The van der Waals surface area contributed by atoms with Gasteiger partial charge >= 0.3 is 0 Å². The molecule has 0 bridgehead atoms. The van der Waals surface area contributed by atoms with Crippen molar-refractivity contribution >= 4 is 0 Å². The van der Waals surface area contributed by atoms with Gasteiger partial charge in [-0.2, -0.15) is 0 Å². The zero-order chi connectivity index (χ0) is 11.0. The van der Waals surface area contributed by atoms with Crippen molar-refractivity contribution in [3.05, 3.63) is 0 Å². The monoisotopic (exact) mass is 200 g/mol. The lowest BCUT2D eigenvalue weighted by atomic mass is 10.1. The smallest absolute Gasteiger partial charge is 0.0455 e. The molecule has 0 heterocycles. The molecule has 2 N–H and O–H groups in total. The second-order valence-electron chi connectivity index (χ2n) is 4.84. The first-order chi connectivity index (χ1) is 6.60. The molecule has 0 spiro atoms. The minimum Gasteiger partial charge on any atom is -0.318 e. The van der Waals surface area contributed by atoms with E-state index in [4.69, 9.17) is 5.73 Å². The lowest BCUT2D eigenvalue weighted by molar-refractivity contribution is 0.225. The van der Waals surface area contributed by atoms with Crippen molar-refractivity contribution in [3.63, 3.8) is 0 Å². The van der Waals surface area contributed by atoms with Gasteiger partial charge in [0, 0.05) is 13.2 Å². The van der Waals surface area contributed by atoms with Crippen LogP contribution >= 0.6 is 0 Å². The average molecular weight is 200 g/mol. The second-order valence-corrected chi connectivity index (χ2v) is 4.84. The molecule has 0 aliphatic carbocycles. The molecule has 1 atom stereocenters. The summed E-state index contributed by atoms with van der Waals surface area (Å²) < 4.78 is 0. The lowest BCUT2D eigenvalue weighted by Crippen LogP contribution is -2.35. The molecular weight excluding hydrogens is 172 g/mol. The van der Waals surface area contributed by atoms with Gasteiger partial charge < -0.3 is 5.73 Å². The summed E-state index contributed by atoms with van der Waals surface area (Å²) in [5.41, 5.74) is 5.73. The normalized spacial score (nSPS) is 13.9. The highest BCUT2D eigenvalue weighted by molar-refractivity contribution is 4.61. The van der Waals surface area contributed by atoms with Gasteiger partial charge in [0.15, 0.2) is 0 Å². The van der Waals surface area contributed by atoms with Crippen LogP contribution in [-0.2, 0) is 0 Å². The predicted molar refractivity (Wildman–Crippen MR) is 64.2 cm³/mol. The van der Waals surface area contributed by atoms with Crippen molar-refractivity contribution < 1.29 is 0 Å². The molecular formula is C12H28N2. The molecule has 0 aromatic heterocycles. The Balaban J connectivity index is 3.66. The van der Waals surface area contributed by atoms with Crippen LogP contribution in [-0.4, -0.2) is 24.7 Å². The fourth-order valence-electron chi connectivity index (χ4n) is 1.72. The molecule has 0 aromatic carbocycles.